The summed E-state index contributed by atoms with van der Waals surface area (Å²) in [5.41, 5.74) is -1.25. The molecule has 28 heavy (non-hydrogen) atoms. The van der Waals surface area contributed by atoms with Crippen molar-refractivity contribution in [3.63, 3.8) is 0 Å². The van der Waals surface area contributed by atoms with E-state index in [0.29, 0.717) is 11.3 Å². The van der Waals surface area contributed by atoms with Gasteiger partial charge in [0.15, 0.2) is 5.60 Å². The van der Waals surface area contributed by atoms with Crippen molar-refractivity contribution in [2.45, 2.75) is 31.9 Å². The second kappa shape index (κ2) is 8.34. The molecule has 7 nitrogen and oxygen atoms in total. The van der Waals surface area contributed by atoms with Crippen LogP contribution in [-0.2, 0) is 29.4 Å². The Kier molecular flexibility index (Phi) is 6.54. The molecule has 2 rings (SSSR count). The van der Waals surface area contributed by atoms with Crippen LogP contribution >= 0.6 is 15.9 Å². The first-order valence-corrected chi connectivity index (χ1v) is 9.66. The van der Waals surface area contributed by atoms with Crippen LogP contribution in [0.4, 0.5) is 0 Å². The highest BCUT2D eigenvalue weighted by Gasteiger charge is 2.53. The van der Waals surface area contributed by atoms with Crippen LogP contribution in [-0.4, -0.2) is 50.0 Å². The van der Waals surface area contributed by atoms with Gasteiger partial charge in [0.25, 0.3) is 0 Å². The number of alkyl halides is 1. The van der Waals surface area contributed by atoms with Gasteiger partial charge in [-0.05, 0) is 32.9 Å². The third-order valence-corrected chi connectivity index (χ3v) is 4.89. The van der Waals surface area contributed by atoms with E-state index in [9.17, 15) is 9.59 Å². The van der Waals surface area contributed by atoms with E-state index in [-0.39, 0.29) is 22.4 Å². The molecule has 1 aliphatic rings. The number of esters is 2. The first kappa shape index (κ1) is 21.9. The number of benzene rings is 1. The Hall–Kier alpha value is -2.35. The van der Waals surface area contributed by atoms with Gasteiger partial charge in [-0.25, -0.2) is 14.6 Å². The summed E-state index contributed by atoms with van der Waals surface area (Å²) >= 11 is 3.44. The van der Waals surface area contributed by atoms with Gasteiger partial charge in [-0.2, -0.15) is 0 Å². The fourth-order valence-corrected chi connectivity index (χ4v) is 3.57. The highest BCUT2D eigenvalue weighted by Crippen LogP contribution is 2.45. The van der Waals surface area contributed by atoms with Crippen LogP contribution in [0, 0.1) is 0 Å². The lowest BCUT2D eigenvalue weighted by molar-refractivity contribution is -0.139. The molecule has 1 unspecified atom stereocenters. The van der Waals surface area contributed by atoms with Crippen molar-refractivity contribution in [3.8, 4) is 5.75 Å². The van der Waals surface area contributed by atoms with E-state index in [0.717, 1.165) is 0 Å². The number of halogens is 1. The summed E-state index contributed by atoms with van der Waals surface area (Å²) in [6.07, 6.45) is 0. The molecule has 0 radical (unpaired) electrons. The molecule has 1 heterocycles. The lowest BCUT2D eigenvalue weighted by Crippen LogP contribution is -2.35. The summed E-state index contributed by atoms with van der Waals surface area (Å²) in [7, 11) is 4.04. The minimum atomic E-state index is -1.31. The number of aliphatic imine (C=N–C) groups is 1. The molecule has 0 N–H and O–H groups in total. The Bertz CT molecular complexity index is 822. The van der Waals surface area contributed by atoms with Crippen molar-refractivity contribution in [1.29, 1.82) is 0 Å². The maximum Gasteiger partial charge on any atom is 0.344 e. The number of nitrogens with zero attached hydrogens (tertiary/aromatic N) is 1. The van der Waals surface area contributed by atoms with E-state index in [1.54, 1.807) is 31.4 Å². The second-order valence-corrected chi connectivity index (χ2v) is 7.67. The van der Waals surface area contributed by atoms with Crippen molar-refractivity contribution in [3.05, 3.63) is 41.0 Å². The minimum absolute atomic E-state index is 0.0342. The second-order valence-electron chi connectivity index (χ2n) is 7.11. The fourth-order valence-electron chi connectivity index (χ4n) is 2.85. The predicted molar refractivity (Wildman–Crippen MR) is 108 cm³/mol. The van der Waals surface area contributed by atoms with Crippen LogP contribution in [0.25, 0.3) is 0 Å². The van der Waals surface area contributed by atoms with E-state index < -0.39 is 23.1 Å². The van der Waals surface area contributed by atoms with Gasteiger partial charge >= 0.3 is 11.9 Å². The Balaban J connectivity index is 2.83. The summed E-state index contributed by atoms with van der Waals surface area (Å²) in [5.74, 6) is -0.739. The highest BCUT2D eigenvalue weighted by molar-refractivity contribution is 9.09. The summed E-state index contributed by atoms with van der Waals surface area (Å²) < 4.78 is 21.3. The van der Waals surface area contributed by atoms with E-state index in [2.05, 4.69) is 20.9 Å². The van der Waals surface area contributed by atoms with E-state index in [4.69, 9.17) is 18.9 Å². The van der Waals surface area contributed by atoms with Crippen LogP contribution in [0.3, 0.4) is 0 Å². The molecule has 1 aromatic rings. The maximum atomic E-state index is 12.8. The molecule has 1 aromatic carbocycles. The topological polar surface area (TPSA) is 83.4 Å². The number of rotatable bonds is 5. The number of carbonyl (C=O) groups excluding carboxylic acids is 2. The zero-order chi connectivity index (χ0) is 21.1. The SMILES string of the molecule is COC(=O)C1=C(C(=O)OC)C(CBr)(c2ccc(OC)cc2)OC1=NC(C)(C)C. The zero-order valence-electron chi connectivity index (χ0n) is 16.8. The minimum Gasteiger partial charge on any atom is -0.497 e. The van der Waals surface area contributed by atoms with Crippen molar-refractivity contribution in [2.75, 3.05) is 26.7 Å². The van der Waals surface area contributed by atoms with E-state index in [1.807, 2.05) is 20.8 Å². The average molecular weight is 454 g/mol. The zero-order valence-corrected chi connectivity index (χ0v) is 18.4. The van der Waals surface area contributed by atoms with Gasteiger partial charge in [-0.15, -0.1) is 0 Å². The number of hydrogen-bond donors (Lipinski definition) is 0. The van der Waals surface area contributed by atoms with Crippen molar-refractivity contribution >= 4 is 33.8 Å². The molecule has 1 atom stereocenters. The highest BCUT2D eigenvalue weighted by atomic mass is 79.9. The largest absolute Gasteiger partial charge is 0.497 e. The molecular formula is C20H24BrNO6. The molecule has 152 valence electrons. The number of ether oxygens (including phenoxy) is 4. The summed E-state index contributed by atoms with van der Waals surface area (Å²) in [6, 6.07) is 7.01. The molecule has 0 fully saturated rings. The third kappa shape index (κ3) is 4.06. The summed E-state index contributed by atoms with van der Waals surface area (Å²) in [5, 5.41) is 0.181. The van der Waals surface area contributed by atoms with Crippen LogP contribution in [0.5, 0.6) is 5.75 Å². The van der Waals surface area contributed by atoms with Crippen molar-refractivity contribution < 1.29 is 28.5 Å². The van der Waals surface area contributed by atoms with Gasteiger partial charge in [0, 0.05) is 5.56 Å². The summed E-state index contributed by atoms with van der Waals surface area (Å²) in [4.78, 5) is 29.9. The molecule has 1 aliphatic heterocycles. The first-order chi connectivity index (χ1) is 13.1. The van der Waals surface area contributed by atoms with E-state index in [1.165, 1.54) is 14.2 Å². The van der Waals surface area contributed by atoms with Gasteiger partial charge in [-0.1, -0.05) is 28.1 Å². The van der Waals surface area contributed by atoms with Crippen molar-refractivity contribution in [2.24, 2.45) is 4.99 Å². The average Bonchev–Trinajstić information content (AvgIpc) is 3.00. The van der Waals surface area contributed by atoms with Gasteiger partial charge in [0.1, 0.15) is 16.9 Å². The number of carbonyl (C=O) groups is 2. The smallest absolute Gasteiger partial charge is 0.344 e. The van der Waals surface area contributed by atoms with Gasteiger partial charge in [-0.3, -0.25) is 0 Å². The molecular weight excluding hydrogens is 430 g/mol. The third-order valence-electron chi connectivity index (χ3n) is 4.10. The molecule has 0 saturated heterocycles. The Morgan fingerprint density at radius 3 is 2.07 bits per heavy atom. The number of methoxy groups -OCH3 is 3. The maximum absolute atomic E-state index is 12.8. The van der Waals surface area contributed by atoms with Crippen molar-refractivity contribution in [1.82, 2.24) is 0 Å². The van der Waals surface area contributed by atoms with Crippen LogP contribution < -0.4 is 4.74 Å². The lowest BCUT2D eigenvalue weighted by atomic mass is 9.86. The first-order valence-electron chi connectivity index (χ1n) is 8.54. The Morgan fingerprint density at radius 2 is 1.64 bits per heavy atom. The van der Waals surface area contributed by atoms with E-state index >= 15 is 0 Å². The lowest BCUT2D eigenvalue weighted by Gasteiger charge is -2.29. The monoisotopic (exact) mass is 453 g/mol. The molecule has 0 bridgehead atoms. The normalized spacial score (nSPS) is 20.8. The number of hydrogen-bond acceptors (Lipinski definition) is 7. The molecule has 0 spiro atoms. The standard InChI is InChI=1S/C20H24BrNO6/c1-19(2,3)22-16-14(17(23)26-5)15(18(24)27-6)20(11-21,28-16)12-7-9-13(25-4)10-8-12/h7-10H,11H2,1-6H3. The molecule has 0 aromatic heterocycles. The quantitative estimate of drug-likeness (QED) is 0.502. The Labute approximate surface area is 172 Å². The molecule has 0 amide bonds. The fraction of sp³-hybridized carbons (Fsp3) is 0.450. The molecule has 0 saturated carbocycles. The predicted octanol–water partition coefficient (Wildman–Crippen LogP) is 3.16. The van der Waals surface area contributed by atoms with Crippen LogP contribution in [0.1, 0.15) is 26.3 Å². The van der Waals surface area contributed by atoms with Gasteiger partial charge in [0.05, 0.1) is 32.2 Å². The van der Waals surface area contributed by atoms with Crippen LogP contribution in [0.2, 0.25) is 0 Å². The van der Waals surface area contributed by atoms with Gasteiger partial charge in [0.2, 0.25) is 5.90 Å². The Morgan fingerprint density at radius 1 is 1.07 bits per heavy atom. The van der Waals surface area contributed by atoms with Crippen LogP contribution in [0.15, 0.2) is 40.4 Å². The summed E-state index contributed by atoms with van der Waals surface area (Å²) in [6.45, 7) is 5.58. The van der Waals surface area contributed by atoms with Gasteiger partial charge < -0.3 is 18.9 Å². The molecule has 8 heteroatoms. The molecule has 0 aliphatic carbocycles.